The zero-order chi connectivity index (χ0) is 12.3. The Hall–Kier alpha value is -2.05. The molecule has 0 aliphatic rings. The van der Waals surface area contributed by atoms with Crippen LogP contribution in [0.4, 0.5) is 0 Å². The standard InChI is InChI=1S/C13H9ClN2O/c14-11-4-1-3-10(7-11)13(17)9-16-6-2-5-12(16)8-15/h1-7H,9H2. The third kappa shape index (κ3) is 2.55. The number of hydrogen-bond donors (Lipinski definition) is 0. The number of aromatic nitrogens is 1. The van der Waals surface area contributed by atoms with Gasteiger partial charge in [0.05, 0.1) is 6.54 Å². The van der Waals surface area contributed by atoms with Crippen molar-refractivity contribution in [1.82, 2.24) is 4.57 Å². The zero-order valence-electron chi connectivity index (χ0n) is 8.93. The average Bonchev–Trinajstić information content (AvgIpc) is 2.76. The Morgan fingerprint density at radius 2 is 2.18 bits per heavy atom. The minimum Gasteiger partial charge on any atom is -0.332 e. The van der Waals surface area contributed by atoms with Gasteiger partial charge in [-0.05, 0) is 24.3 Å². The van der Waals surface area contributed by atoms with Gasteiger partial charge in [0.2, 0.25) is 0 Å². The number of ketones is 1. The van der Waals surface area contributed by atoms with Crippen molar-refractivity contribution in [3.8, 4) is 6.07 Å². The summed E-state index contributed by atoms with van der Waals surface area (Å²) >= 11 is 5.82. The van der Waals surface area contributed by atoms with E-state index < -0.39 is 0 Å². The van der Waals surface area contributed by atoms with Gasteiger partial charge >= 0.3 is 0 Å². The molecule has 0 saturated heterocycles. The molecule has 2 rings (SSSR count). The van der Waals surface area contributed by atoms with E-state index in [1.807, 2.05) is 6.07 Å². The Morgan fingerprint density at radius 3 is 2.88 bits per heavy atom. The van der Waals surface area contributed by atoms with Crippen LogP contribution in [0.25, 0.3) is 0 Å². The molecule has 17 heavy (non-hydrogen) atoms. The second-order valence-corrected chi connectivity index (χ2v) is 4.00. The lowest BCUT2D eigenvalue weighted by molar-refractivity contribution is 0.0972. The molecule has 4 heteroatoms. The van der Waals surface area contributed by atoms with Gasteiger partial charge in [-0.2, -0.15) is 5.26 Å². The van der Waals surface area contributed by atoms with Crippen molar-refractivity contribution in [3.05, 3.63) is 58.9 Å². The van der Waals surface area contributed by atoms with Crippen LogP contribution in [-0.4, -0.2) is 10.4 Å². The summed E-state index contributed by atoms with van der Waals surface area (Å²) in [5.74, 6) is -0.0693. The first-order valence-corrected chi connectivity index (χ1v) is 5.42. The summed E-state index contributed by atoms with van der Waals surface area (Å²) in [6, 6.07) is 12.2. The largest absolute Gasteiger partial charge is 0.332 e. The smallest absolute Gasteiger partial charge is 0.182 e. The Labute approximate surface area is 104 Å². The Kier molecular flexibility index (Phi) is 3.27. The van der Waals surface area contributed by atoms with Gasteiger partial charge < -0.3 is 4.57 Å². The topological polar surface area (TPSA) is 45.8 Å². The lowest BCUT2D eigenvalue weighted by Crippen LogP contribution is -2.10. The van der Waals surface area contributed by atoms with Crippen molar-refractivity contribution in [3.63, 3.8) is 0 Å². The van der Waals surface area contributed by atoms with Crippen LogP contribution in [0.5, 0.6) is 0 Å². The summed E-state index contributed by atoms with van der Waals surface area (Å²) in [5.41, 5.74) is 1.02. The molecule has 0 fully saturated rings. The molecule has 1 aromatic carbocycles. The van der Waals surface area contributed by atoms with Gasteiger partial charge in [-0.1, -0.05) is 23.7 Å². The van der Waals surface area contributed by atoms with E-state index in [9.17, 15) is 4.79 Å². The molecule has 0 radical (unpaired) electrons. The number of rotatable bonds is 3. The van der Waals surface area contributed by atoms with E-state index in [1.54, 1.807) is 47.2 Å². The average molecular weight is 245 g/mol. The number of hydrogen-bond acceptors (Lipinski definition) is 2. The van der Waals surface area contributed by atoms with Crippen LogP contribution in [-0.2, 0) is 6.54 Å². The van der Waals surface area contributed by atoms with Crippen molar-refractivity contribution in [2.75, 3.05) is 0 Å². The second kappa shape index (κ2) is 4.86. The highest BCUT2D eigenvalue weighted by Crippen LogP contribution is 2.12. The van der Waals surface area contributed by atoms with Gasteiger partial charge in [0.25, 0.3) is 0 Å². The fourth-order valence-electron chi connectivity index (χ4n) is 1.56. The SMILES string of the molecule is N#Cc1cccn1CC(=O)c1cccc(Cl)c1. The maximum absolute atomic E-state index is 11.9. The van der Waals surface area contributed by atoms with Crippen LogP contribution >= 0.6 is 11.6 Å². The molecule has 2 aromatic rings. The Bertz CT molecular complexity index is 595. The number of nitrogens with zero attached hydrogens (tertiary/aromatic N) is 2. The molecule has 0 N–H and O–H groups in total. The zero-order valence-corrected chi connectivity index (χ0v) is 9.69. The van der Waals surface area contributed by atoms with Crippen LogP contribution in [0.1, 0.15) is 16.1 Å². The lowest BCUT2D eigenvalue weighted by atomic mass is 10.1. The molecular formula is C13H9ClN2O. The minimum absolute atomic E-state index is 0.0693. The van der Waals surface area contributed by atoms with E-state index in [-0.39, 0.29) is 12.3 Å². The highest BCUT2D eigenvalue weighted by Gasteiger charge is 2.09. The predicted molar refractivity (Wildman–Crippen MR) is 64.9 cm³/mol. The summed E-state index contributed by atoms with van der Waals surface area (Å²) in [7, 11) is 0. The number of benzene rings is 1. The number of carbonyl (C=O) groups is 1. The quantitative estimate of drug-likeness (QED) is 0.780. The molecule has 0 unspecified atom stereocenters. The van der Waals surface area contributed by atoms with Gasteiger partial charge in [-0.25, -0.2) is 0 Å². The first-order valence-electron chi connectivity index (χ1n) is 5.05. The molecule has 0 atom stereocenters. The van der Waals surface area contributed by atoms with Crippen LogP contribution in [0.15, 0.2) is 42.6 Å². The third-order valence-electron chi connectivity index (χ3n) is 2.40. The van der Waals surface area contributed by atoms with Crippen molar-refractivity contribution in [1.29, 1.82) is 5.26 Å². The van der Waals surface area contributed by atoms with Gasteiger partial charge in [-0.3, -0.25) is 4.79 Å². The number of nitriles is 1. The molecule has 1 heterocycles. The summed E-state index contributed by atoms with van der Waals surface area (Å²) < 4.78 is 1.61. The third-order valence-corrected chi connectivity index (χ3v) is 2.64. The van der Waals surface area contributed by atoms with E-state index in [0.717, 1.165) is 0 Å². The molecule has 0 saturated carbocycles. The fourth-order valence-corrected chi connectivity index (χ4v) is 1.75. The molecule has 0 bridgehead atoms. The van der Waals surface area contributed by atoms with Crippen molar-refractivity contribution in [2.24, 2.45) is 0 Å². The molecule has 0 aliphatic carbocycles. The van der Waals surface area contributed by atoms with E-state index in [2.05, 4.69) is 0 Å². The van der Waals surface area contributed by atoms with Crippen molar-refractivity contribution in [2.45, 2.75) is 6.54 Å². The molecular weight excluding hydrogens is 236 g/mol. The number of carbonyl (C=O) groups excluding carboxylic acids is 1. The van der Waals surface area contributed by atoms with Crippen LogP contribution < -0.4 is 0 Å². The molecule has 84 valence electrons. The molecule has 0 aliphatic heterocycles. The first kappa shape index (κ1) is 11.4. The van der Waals surface area contributed by atoms with Crippen LogP contribution in [0.3, 0.4) is 0 Å². The van der Waals surface area contributed by atoms with E-state index >= 15 is 0 Å². The molecule has 0 spiro atoms. The predicted octanol–water partition coefficient (Wildman–Crippen LogP) is 2.90. The van der Waals surface area contributed by atoms with Gasteiger partial charge in [0, 0.05) is 16.8 Å². The number of Topliss-reactive ketones (excluding diaryl/α,β-unsaturated/α-hetero) is 1. The summed E-state index contributed by atoms with van der Waals surface area (Å²) in [5, 5.41) is 9.36. The Morgan fingerprint density at radius 1 is 1.35 bits per heavy atom. The lowest BCUT2D eigenvalue weighted by Gasteiger charge is -2.04. The first-order chi connectivity index (χ1) is 8.20. The minimum atomic E-state index is -0.0693. The summed E-state index contributed by atoms with van der Waals surface area (Å²) in [4.78, 5) is 11.9. The Balaban J connectivity index is 2.21. The normalized spacial score (nSPS) is 9.88. The molecule has 0 amide bonds. The summed E-state index contributed by atoms with van der Waals surface area (Å²) in [6.45, 7) is 0.149. The van der Waals surface area contributed by atoms with E-state index in [1.165, 1.54) is 0 Å². The second-order valence-electron chi connectivity index (χ2n) is 3.57. The molecule has 1 aromatic heterocycles. The van der Waals surface area contributed by atoms with Gasteiger partial charge in [-0.15, -0.1) is 0 Å². The van der Waals surface area contributed by atoms with Gasteiger partial charge in [0.15, 0.2) is 5.78 Å². The van der Waals surface area contributed by atoms with Crippen molar-refractivity contribution < 1.29 is 4.79 Å². The monoisotopic (exact) mass is 244 g/mol. The molecule has 3 nitrogen and oxygen atoms in total. The van der Waals surface area contributed by atoms with Gasteiger partial charge in [0.1, 0.15) is 11.8 Å². The fraction of sp³-hybridized carbons (Fsp3) is 0.0769. The van der Waals surface area contributed by atoms with Crippen LogP contribution in [0.2, 0.25) is 5.02 Å². The van der Waals surface area contributed by atoms with E-state index in [4.69, 9.17) is 16.9 Å². The van der Waals surface area contributed by atoms with Crippen LogP contribution in [0, 0.1) is 11.3 Å². The highest BCUT2D eigenvalue weighted by atomic mass is 35.5. The van der Waals surface area contributed by atoms with Crippen molar-refractivity contribution >= 4 is 17.4 Å². The maximum Gasteiger partial charge on any atom is 0.182 e. The highest BCUT2D eigenvalue weighted by molar-refractivity contribution is 6.31. The van der Waals surface area contributed by atoms with E-state index in [0.29, 0.717) is 16.3 Å². The number of halogens is 1. The summed E-state index contributed by atoms with van der Waals surface area (Å²) in [6.07, 6.45) is 1.71. The maximum atomic E-state index is 11.9.